The van der Waals surface area contributed by atoms with Gasteiger partial charge in [-0.05, 0) is 31.5 Å². The Morgan fingerprint density at radius 3 is 2.50 bits per heavy atom. The summed E-state index contributed by atoms with van der Waals surface area (Å²) < 4.78 is 0. The minimum Gasteiger partial charge on any atom is -0.507 e. The molecular weight excluding hydrogens is 210 g/mol. The maximum absolute atomic E-state index is 11.6. The molecule has 0 heterocycles. The third-order valence-electron chi connectivity index (χ3n) is 2.12. The molecule has 1 amide bonds. The van der Waals surface area contributed by atoms with Crippen molar-refractivity contribution in [1.82, 2.24) is 5.32 Å². The van der Waals surface area contributed by atoms with E-state index in [1.54, 1.807) is 13.0 Å². The fraction of sp³-hybridized carbons (Fsp3) is 0.273. The number of aliphatic carboxylic acids is 1. The van der Waals surface area contributed by atoms with Crippen LogP contribution in [0.1, 0.15) is 22.8 Å². The molecule has 0 bridgehead atoms. The second-order valence-electron chi connectivity index (χ2n) is 3.55. The van der Waals surface area contributed by atoms with Crippen LogP contribution in [0, 0.1) is 6.92 Å². The second-order valence-corrected chi connectivity index (χ2v) is 3.55. The summed E-state index contributed by atoms with van der Waals surface area (Å²) >= 11 is 0. The summed E-state index contributed by atoms with van der Waals surface area (Å²) in [5.74, 6) is -1.89. The lowest BCUT2D eigenvalue weighted by Crippen LogP contribution is -2.38. The molecule has 86 valence electrons. The van der Waals surface area contributed by atoms with Gasteiger partial charge >= 0.3 is 5.97 Å². The molecule has 5 heteroatoms. The average Bonchev–Trinajstić information content (AvgIpc) is 2.16. The van der Waals surface area contributed by atoms with Gasteiger partial charge in [-0.1, -0.05) is 6.07 Å². The predicted octanol–water partition coefficient (Wildman–Crippen LogP) is 0.904. The number of amides is 1. The number of carbonyl (C=O) groups is 2. The van der Waals surface area contributed by atoms with Gasteiger partial charge in [0.05, 0.1) is 5.56 Å². The van der Waals surface area contributed by atoms with Crippen molar-refractivity contribution >= 4 is 11.9 Å². The van der Waals surface area contributed by atoms with Gasteiger partial charge in [0, 0.05) is 0 Å². The molecule has 5 nitrogen and oxygen atoms in total. The molecule has 0 radical (unpaired) electrons. The molecule has 0 aliphatic carbocycles. The fourth-order valence-electron chi connectivity index (χ4n) is 1.17. The first-order valence-electron chi connectivity index (χ1n) is 4.75. The highest BCUT2D eigenvalue weighted by Gasteiger charge is 2.17. The summed E-state index contributed by atoms with van der Waals surface area (Å²) in [6.07, 6.45) is 0. The van der Waals surface area contributed by atoms with E-state index < -0.39 is 17.9 Å². The highest BCUT2D eigenvalue weighted by molar-refractivity contribution is 5.98. The molecular formula is C11H13NO4. The van der Waals surface area contributed by atoms with Crippen LogP contribution >= 0.6 is 0 Å². The Morgan fingerprint density at radius 1 is 1.38 bits per heavy atom. The highest BCUT2D eigenvalue weighted by Crippen LogP contribution is 2.18. The molecule has 1 unspecified atom stereocenters. The Labute approximate surface area is 92.7 Å². The van der Waals surface area contributed by atoms with Crippen LogP contribution in [0.2, 0.25) is 0 Å². The number of carboxylic acid groups (broad SMARTS) is 1. The fourth-order valence-corrected chi connectivity index (χ4v) is 1.17. The van der Waals surface area contributed by atoms with Crippen LogP contribution in [0.5, 0.6) is 5.75 Å². The zero-order valence-electron chi connectivity index (χ0n) is 9.02. The SMILES string of the molecule is Cc1ccc(C(=O)NC(C)C(=O)O)c(O)c1. The normalized spacial score (nSPS) is 11.9. The van der Waals surface area contributed by atoms with E-state index in [-0.39, 0.29) is 11.3 Å². The largest absolute Gasteiger partial charge is 0.507 e. The van der Waals surface area contributed by atoms with E-state index in [0.717, 1.165) is 5.56 Å². The number of aromatic hydroxyl groups is 1. The van der Waals surface area contributed by atoms with Crippen molar-refractivity contribution in [2.75, 3.05) is 0 Å². The Kier molecular flexibility index (Phi) is 3.50. The van der Waals surface area contributed by atoms with Gasteiger partial charge in [0.1, 0.15) is 11.8 Å². The van der Waals surface area contributed by atoms with E-state index in [1.165, 1.54) is 19.1 Å². The molecule has 0 saturated heterocycles. The van der Waals surface area contributed by atoms with Crippen LogP contribution in [0.15, 0.2) is 18.2 Å². The van der Waals surface area contributed by atoms with Crippen LogP contribution < -0.4 is 5.32 Å². The van der Waals surface area contributed by atoms with Crippen molar-refractivity contribution in [2.24, 2.45) is 0 Å². The van der Waals surface area contributed by atoms with E-state index in [0.29, 0.717) is 0 Å². The summed E-state index contributed by atoms with van der Waals surface area (Å²) in [5.41, 5.74) is 0.888. The van der Waals surface area contributed by atoms with Gasteiger partial charge in [-0.25, -0.2) is 0 Å². The predicted molar refractivity (Wildman–Crippen MR) is 57.4 cm³/mol. The van der Waals surface area contributed by atoms with Crippen LogP contribution in [-0.2, 0) is 4.79 Å². The lowest BCUT2D eigenvalue weighted by atomic mass is 10.1. The average molecular weight is 223 g/mol. The number of carbonyl (C=O) groups excluding carboxylic acids is 1. The van der Waals surface area contributed by atoms with Crippen LogP contribution in [-0.4, -0.2) is 28.1 Å². The van der Waals surface area contributed by atoms with Crippen LogP contribution in [0.4, 0.5) is 0 Å². The molecule has 0 fully saturated rings. The summed E-state index contributed by atoms with van der Waals surface area (Å²) in [6, 6.07) is 3.57. The van der Waals surface area contributed by atoms with Gasteiger partial charge < -0.3 is 15.5 Å². The number of nitrogens with one attached hydrogen (secondary N) is 1. The van der Waals surface area contributed by atoms with E-state index in [2.05, 4.69) is 5.32 Å². The molecule has 0 saturated carbocycles. The van der Waals surface area contributed by atoms with Crippen molar-refractivity contribution < 1.29 is 19.8 Å². The van der Waals surface area contributed by atoms with Gasteiger partial charge in [0.25, 0.3) is 5.91 Å². The van der Waals surface area contributed by atoms with Crippen molar-refractivity contribution in [3.8, 4) is 5.75 Å². The quantitative estimate of drug-likeness (QED) is 0.710. The molecule has 1 rings (SSSR count). The number of hydrogen-bond acceptors (Lipinski definition) is 3. The van der Waals surface area contributed by atoms with E-state index in [9.17, 15) is 14.7 Å². The number of benzene rings is 1. The molecule has 1 atom stereocenters. The van der Waals surface area contributed by atoms with Gasteiger partial charge in [-0.2, -0.15) is 0 Å². The lowest BCUT2D eigenvalue weighted by molar-refractivity contribution is -0.138. The van der Waals surface area contributed by atoms with Gasteiger partial charge in [-0.3, -0.25) is 9.59 Å². The first-order valence-corrected chi connectivity index (χ1v) is 4.75. The molecule has 3 N–H and O–H groups in total. The summed E-state index contributed by atoms with van der Waals surface area (Å²) in [4.78, 5) is 22.1. The second kappa shape index (κ2) is 4.65. The molecule has 1 aromatic carbocycles. The van der Waals surface area contributed by atoms with E-state index in [4.69, 9.17) is 5.11 Å². The standard InChI is InChI=1S/C11H13NO4/c1-6-3-4-8(9(13)5-6)10(14)12-7(2)11(15)16/h3-5,7,13H,1-2H3,(H,12,14)(H,15,16). The number of rotatable bonds is 3. The zero-order chi connectivity index (χ0) is 12.3. The molecule has 0 spiro atoms. The Bertz CT molecular complexity index is 428. The third kappa shape index (κ3) is 2.73. The molecule has 0 aliphatic heterocycles. The maximum Gasteiger partial charge on any atom is 0.325 e. The topological polar surface area (TPSA) is 86.6 Å². The third-order valence-corrected chi connectivity index (χ3v) is 2.12. The number of aryl methyl sites for hydroxylation is 1. The summed E-state index contributed by atoms with van der Waals surface area (Å²) in [7, 11) is 0. The Morgan fingerprint density at radius 2 is 2.00 bits per heavy atom. The smallest absolute Gasteiger partial charge is 0.325 e. The van der Waals surface area contributed by atoms with Gasteiger partial charge in [0.15, 0.2) is 0 Å². The number of phenols is 1. The number of phenolic OH excluding ortho intramolecular Hbond substituents is 1. The zero-order valence-corrected chi connectivity index (χ0v) is 9.02. The molecule has 1 aromatic rings. The Balaban J connectivity index is 2.85. The minimum absolute atomic E-state index is 0.0682. The molecule has 0 aromatic heterocycles. The first kappa shape index (κ1) is 12.0. The highest BCUT2D eigenvalue weighted by atomic mass is 16.4. The van der Waals surface area contributed by atoms with Crippen molar-refractivity contribution in [3.05, 3.63) is 29.3 Å². The van der Waals surface area contributed by atoms with E-state index >= 15 is 0 Å². The first-order chi connectivity index (χ1) is 7.41. The number of hydrogen-bond donors (Lipinski definition) is 3. The number of carboxylic acids is 1. The van der Waals surface area contributed by atoms with Crippen LogP contribution in [0.25, 0.3) is 0 Å². The van der Waals surface area contributed by atoms with Crippen molar-refractivity contribution in [2.45, 2.75) is 19.9 Å². The van der Waals surface area contributed by atoms with Gasteiger partial charge in [-0.15, -0.1) is 0 Å². The lowest BCUT2D eigenvalue weighted by Gasteiger charge is -2.10. The molecule has 0 aliphatic rings. The molecule has 16 heavy (non-hydrogen) atoms. The van der Waals surface area contributed by atoms with Crippen molar-refractivity contribution in [3.63, 3.8) is 0 Å². The Hall–Kier alpha value is -2.04. The van der Waals surface area contributed by atoms with Crippen LogP contribution in [0.3, 0.4) is 0 Å². The maximum atomic E-state index is 11.6. The van der Waals surface area contributed by atoms with E-state index in [1.807, 2.05) is 0 Å². The minimum atomic E-state index is -1.13. The van der Waals surface area contributed by atoms with Gasteiger partial charge in [0.2, 0.25) is 0 Å². The van der Waals surface area contributed by atoms with Crippen molar-refractivity contribution in [1.29, 1.82) is 0 Å². The monoisotopic (exact) mass is 223 g/mol. The summed E-state index contributed by atoms with van der Waals surface area (Å²) in [5, 5.41) is 20.4. The summed E-state index contributed by atoms with van der Waals surface area (Å²) in [6.45, 7) is 3.13.